The lowest BCUT2D eigenvalue weighted by molar-refractivity contribution is 0.0536. The van der Waals surface area contributed by atoms with Crippen molar-refractivity contribution in [2.75, 3.05) is 25.5 Å². The summed E-state index contributed by atoms with van der Waals surface area (Å²) in [7, 11) is 0. The molecule has 5 rings (SSSR count). The van der Waals surface area contributed by atoms with Crippen molar-refractivity contribution in [3.05, 3.63) is 54.2 Å². The SMILES string of the molecule is Cc1cnc2ccc(-c3nc(C(=O)NCC4CCCOC4)c(N)nc3-c3ccc[nH]3)cn12. The molecule has 164 valence electrons. The highest BCUT2D eigenvalue weighted by Crippen LogP contribution is 2.30. The van der Waals surface area contributed by atoms with E-state index in [0.29, 0.717) is 30.5 Å². The van der Waals surface area contributed by atoms with Crippen molar-refractivity contribution in [1.29, 1.82) is 0 Å². The van der Waals surface area contributed by atoms with Crippen LogP contribution in [0.25, 0.3) is 28.3 Å². The zero-order valence-electron chi connectivity index (χ0n) is 17.8. The molecule has 5 heterocycles. The molecular weight excluding hydrogens is 406 g/mol. The van der Waals surface area contributed by atoms with Crippen LogP contribution in [-0.2, 0) is 4.74 Å². The summed E-state index contributed by atoms with van der Waals surface area (Å²) in [6.45, 7) is 3.95. The third kappa shape index (κ3) is 3.82. The Balaban J connectivity index is 1.54. The third-order valence-corrected chi connectivity index (χ3v) is 5.76. The van der Waals surface area contributed by atoms with E-state index in [1.165, 1.54) is 0 Å². The van der Waals surface area contributed by atoms with Gasteiger partial charge in [0, 0.05) is 43.0 Å². The number of anilines is 1. The number of carbonyl (C=O) groups excluding carboxylic acids is 1. The van der Waals surface area contributed by atoms with Crippen LogP contribution in [0.3, 0.4) is 0 Å². The predicted molar refractivity (Wildman–Crippen MR) is 121 cm³/mol. The van der Waals surface area contributed by atoms with Gasteiger partial charge < -0.3 is 25.2 Å². The summed E-state index contributed by atoms with van der Waals surface area (Å²) in [5, 5.41) is 2.95. The number of pyridine rings is 1. The topological polar surface area (TPSA) is 123 Å². The molecule has 1 aliphatic heterocycles. The number of nitrogen functional groups attached to an aromatic ring is 1. The molecule has 0 aliphatic carbocycles. The van der Waals surface area contributed by atoms with Crippen molar-refractivity contribution in [3.8, 4) is 22.6 Å². The predicted octanol–water partition coefficient (Wildman–Crippen LogP) is 2.83. The average Bonchev–Trinajstić information content (AvgIpc) is 3.48. The van der Waals surface area contributed by atoms with Crippen molar-refractivity contribution >= 4 is 17.4 Å². The first kappa shape index (κ1) is 20.2. The second kappa shape index (κ2) is 8.43. The Labute approximate surface area is 185 Å². The van der Waals surface area contributed by atoms with E-state index in [0.717, 1.165) is 42.0 Å². The number of hydrogen-bond donors (Lipinski definition) is 3. The van der Waals surface area contributed by atoms with E-state index in [1.54, 1.807) is 0 Å². The summed E-state index contributed by atoms with van der Waals surface area (Å²) in [5.74, 6) is 0.0570. The van der Waals surface area contributed by atoms with Gasteiger partial charge in [0.25, 0.3) is 5.91 Å². The summed E-state index contributed by atoms with van der Waals surface area (Å²) in [6, 6.07) is 7.63. The van der Waals surface area contributed by atoms with E-state index >= 15 is 0 Å². The Morgan fingerprint density at radius 1 is 1.31 bits per heavy atom. The summed E-state index contributed by atoms with van der Waals surface area (Å²) in [4.78, 5) is 29.8. The molecule has 1 atom stereocenters. The number of ether oxygens (including phenoxy) is 1. The Kier molecular flexibility index (Phi) is 5.32. The third-order valence-electron chi connectivity index (χ3n) is 5.76. The molecule has 4 aromatic heterocycles. The van der Waals surface area contributed by atoms with Crippen molar-refractivity contribution in [2.24, 2.45) is 5.92 Å². The minimum atomic E-state index is -0.334. The fourth-order valence-corrected chi connectivity index (χ4v) is 4.01. The first-order chi connectivity index (χ1) is 15.6. The van der Waals surface area contributed by atoms with Crippen LogP contribution in [0.5, 0.6) is 0 Å². The molecule has 1 unspecified atom stereocenters. The van der Waals surface area contributed by atoms with Crippen molar-refractivity contribution in [2.45, 2.75) is 19.8 Å². The van der Waals surface area contributed by atoms with Crippen LogP contribution in [0, 0.1) is 12.8 Å². The fourth-order valence-electron chi connectivity index (χ4n) is 4.01. The Hall–Kier alpha value is -3.72. The van der Waals surface area contributed by atoms with Crippen LogP contribution in [0.1, 0.15) is 29.0 Å². The number of nitrogens with two attached hydrogens (primary N) is 1. The standard InChI is InChI=1S/C23H25N7O2/c1-14-10-26-18-7-6-16(12-30(14)18)19-20(17-5-2-8-25-17)29-22(24)21(28-19)23(31)27-11-15-4-3-9-32-13-15/h2,5-8,10,12,15,25H,3-4,9,11,13H2,1H3,(H2,24,29)(H,27,31). The van der Waals surface area contributed by atoms with Gasteiger partial charge in [-0.3, -0.25) is 4.79 Å². The van der Waals surface area contributed by atoms with E-state index in [9.17, 15) is 4.79 Å². The van der Waals surface area contributed by atoms with Gasteiger partial charge in [0.1, 0.15) is 17.0 Å². The van der Waals surface area contributed by atoms with Crippen LogP contribution in [0.2, 0.25) is 0 Å². The monoisotopic (exact) mass is 431 g/mol. The quantitative estimate of drug-likeness (QED) is 0.446. The van der Waals surface area contributed by atoms with Gasteiger partial charge in [-0.1, -0.05) is 0 Å². The largest absolute Gasteiger partial charge is 0.382 e. The van der Waals surface area contributed by atoms with Gasteiger partial charge in [-0.25, -0.2) is 15.0 Å². The van der Waals surface area contributed by atoms with Crippen molar-refractivity contribution in [1.82, 2.24) is 29.7 Å². The van der Waals surface area contributed by atoms with Crippen LogP contribution in [-0.4, -0.2) is 50.0 Å². The van der Waals surface area contributed by atoms with Crippen LogP contribution in [0.15, 0.2) is 42.9 Å². The van der Waals surface area contributed by atoms with Gasteiger partial charge in [-0.2, -0.15) is 0 Å². The number of nitrogens with zero attached hydrogens (tertiary/aromatic N) is 4. The molecule has 9 heteroatoms. The first-order valence-corrected chi connectivity index (χ1v) is 10.7. The molecule has 0 radical (unpaired) electrons. The van der Waals surface area contributed by atoms with Gasteiger partial charge in [0.2, 0.25) is 0 Å². The molecule has 9 nitrogen and oxygen atoms in total. The molecule has 0 spiro atoms. The van der Waals surface area contributed by atoms with E-state index < -0.39 is 0 Å². The Morgan fingerprint density at radius 3 is 3.00 bits per heavy atom. The summed E-state index contributed by atoms with van der Waals surface area (Å²) in [6.07, 6.45) is 7.61. The van der Waals surface area contributed by atoms with Gasteiger partial charge in [-0.05, 0) is 49.9 Å². The van der Waals surface area contributed by atoms with E-state index in [-0.39, 0.29) is 17.4 Å². The highest BCUT2D eigenvalue weighted by Gasteiger charge is 2.22. The summed E-state index contributed by atoms with van der Waals surface area (Å²) in [5.41, 5.74) is 10.9. The van der Waals surface area contributed by atoms with Crippen LogP contribution in [0.4, 0.5) is 5.82 Å². The van der Waals surface area contributed by atoms with Gasteiger partial charge in [0.15, 0.2) is 11.5 Å². The molecule has 0 aromatic carbocycles. The van der Waals surface area contributed by atoms with Crippen LogP contribution < -0.4 is 11.1 Å². The summed E-state index contributed by atoms with van der Waals surface area (Å²) < 4.78 is 7.48. The number of imidazole rings is 1. The zero-order valence-corrected chi connectivity index (χ0v) is 17.8. The number of H-pyrrole nitrogens is 1. The molecule has 1 aliphatic rings. The minimum Gasteiger partial charge on any atom is -0.382 e. The Morgan fingerprint density at radius 2 is 2.22 bits per heavy atom. The second-order valence-electron chi connectivity index (χ2n) is 8.08. The molecule has 1 fully saturated rings. The number of aromatic amines is 1. The maximum atomic E-state index is 13.0. The van der Waals surface area contributed by atoms with E-state index in [2.05, 4.69) is 20.3 Å². The highest BCUT2D eigenvalue weighted by molar-refractivity contribution is 5.97. The average molecular weight is 432 g/mol. The number of fused-ring (bicyclic) bond motifs is 1. The molecule has 4 aromatic rings. The van der Waals surface area contributed by atoms with E-state index in [4.69, 9.17) is 15.5 Å². The highest BCUT2D eigenvalue weighted by atomic mass is 16.5. The Bertz CT molecular complexity index is 1260. The van der Waals surface area contributed by atoms with Gasteiger partial charge >= 0.3 is 0 Å². The number of aryl methyl sites for hydroxylation is 1. The van der Waals surface area contributed by atoms with Gasteiger partial charge in [0.05, 0.1) is 12.3 Å². The first-order valence-electron chi connectivity index (χ1n) is 10.7. The smallest absolute Gasteiger partial charge is 0.273 e. The molecular formula is C23H25N7O2. The number of amides is 1. The second-order valence-corrected chi connectivity index (χ2v) is 8.08. The maximum absolute atomic E-state index is 13.0. The van der Waals surface area contributed by atoms with Crippen molar-refractivity contribution < 1.29 is 9.53 Å². The molecule has 32 heavy (non-hydrogen) atoms. The number of nitrogens with one attached hydrogen (secondary N) is 2. The molecule has 0 saturated carbocycles. The normalized spacial score (nSPS) is 16.3. The van der Waals surface area contributed by atoms with Crippen LogP contribution >= 0.6 is 0 Å². The molecule has 1 amide bonds. The van der Waals surface area contributed by atoms with Crippen molar-refractivity contribution in [3.63, 3.8) is 0 Å². The minimum absolute atomic E-state index is 0.0932. The number of rotatable bonds is 5. The number of carbonyl (C=O) groups is 1. The van der Waals surface area contributed by atoms with E-state index in [1.807, 2.05) is 54.2 Å². The molecule has 0 bridgehead atoms. The maximum Gasteiger partial charge on any atom is 0.273 e. The number of aromatic nitrogens is 5. The lowest BCUT2D eigenvalue weighted by Crippen LogP contribution is -2.34. The molecule has 1 saturated heterocycles. The lowest BCUT2D eigenvalue weighted by atomic mass is 10.0. The van der Waals surface area contributed by atoms with Gasteiger partial charge in [-0.15, -0.1) is 0 Å². The number of hydrogen-bond acceptors (Lipinski definition) is 6. The zero-order chi connectivity index (χ0) is 22.1. The lowest BCUT2D eigenvalue weighted by Gasteiger charge is -2.22. The molecule has 4 N–H and O–H groups in total. The summed E-state index contributed by atoms with van der Waals surface area (Å²) >= 11 is 0. The fraction of sp³-hybridized carbons (Fsp3) is 0.304.